The first-order valence-electron chi connectivity index (χ1n) is 8.89. The Morgan fingerprint density at radius 3 is 2.09 bits per heavy atom. The van der Waals surface area contributed by atoms with Gasteiger partial charge in [0.2, 0.25) is 0 Å². The number of benzene rings is 2. The van der Waals surface area contributed by atoms with E-state index in [0.717, 1.165) is 26.2 Å². The number of nitrogens with one attached hydrogen (secondary N) is 1. The molecule has 2 rings (SSSR count). The van der Waals surface area contributed by atoms with Gasteiger partial charge >= 0.3 is 0 Å². The van der Waals surface area contributed by atoms with Gasteiger partial charge in [0.25, 0.3) is 0 Å². The molecule has 0 fully saturated rings. The molecule has 0 heterocycles. The fraction of sp³-hybridized carbons (Fsp3) is 0.429. The molecule has 0 unspecified atom stereocenters. The van der Waals surface area contributed by atoms with E-state index in [1.54, 1.807) is 0 Å². The molecule has 23 heavy (non-hydrogen) atoms. The van der Waals surface area contributed by atoms with E-state index in [0.29, 0.717) is 0 Å². The smallest absolute Gasteiger partial charge is 0.0233 e. The van der Waals surface area contributed by atoms with Crippen molar-refractivity contribution in [2.24, 2.45) is 0 Å². The van der Waals surface area contributed by atoms with Crippen molar-refractivity contribution < 1.29 is 0 Å². The van der Waals surface area contributed by atoms with E-state index < -0.39 is 0 Å². The maximum absolute atomic E-state index is 3.53. The zero-order valence-corrected chi connectivity index (χ0v) is 14.4. The molecule has 1 N–H and O–H groups in total. The van der Waals surface area contributed by atoms with Gasteiger partial charge in [-0.3, -0.25) is 4.90 Å². The van der Waals surface area contributed by atoms with Crippen molar-refractivity contribution in [1.29, 1.82) is 0 Å². The number of nitrogens with zero attached hydrogens (tertiary/aromatic N) is 1. The predicted octanol–water partition coefficient (Wildman–Crippen LogP) is 4.47. The molecule has 2 nitrogen and oxygen atoms in total. The lowest BCUT2D eigenvalue weighted by Crippen LogP contribution is -2.24. The van der Waals surface area contributed by atoms with Gasteiger partial charge in [-0.05, 0) is 43.6 Å². The van der Waals surface area contributed by atoms with Crippen LogP contribution in [0, 0.1) is 0 Å². The van der Waals surface area contributed by atoms with Crippen LogP contribution >= 0.6 is 0 Å². The van der Waals surface area contributed by atoms with E-state index in [-0.39, 0.29) is 0 Å². The Bertz CT molecular complexity index is 510. The van der Waals surface area contributed by atoms with Crippen molar-refractivity contribution in [2.45, 2.75) is 39.3 Å². The molecule has 0 radical (unpaired) electrons. The first-order valence-corrected chi connectivity index (χ1v) is 8.89. The molecule has 0 spiro atoms. The number of hydrogen-bond acceptors (Lipinski definition) is 2. The molecule has 2 aromatic rings. The summed E-state index contributed by atoms with van der Waals surface area (Å²) in [5, 5.41) is 3.53. The Kier molecular flexibility index (Phi) is 8.46. The monoisotopic (exact) mass is 310 g/mol. The highest BCUT2D eigenvalue weighted by Gasteiger charge is 2.03. The molecule has 0 amide bonds. The van der Waals surface area contributed by atoms with E-state index >= 15 is 0 Å². The lowest BCUT2D eigenvalue weighted by Gasteiger charge is -2.20. The standard InChI is InChI=1S/C21H30N2/c1-2-23(19-21-14-8-4-9-15-21)17-11-5-10-16-22-18-20-12-6-3-7-13-20/h3-4,6-9,12-15,22H,2,5,10-11,16-19H2,1H3. The third-order valence-corrected chi connectivity index (χ3v) is 4.20. The maximum atomic E-state index is 3.53. The van der Waals surface area contributed by atoms with Gasteiger partial charge in [-0.15, -0.1) is 0 Å². The summed E-state index contributed by atoms with van der Waals surface area (Å²) in [4.78, 5) is 2.53. The maximum Gasteiger partial charge on any atom is 0.0233 e. The number of hydrogen-bond donors (Lipinski definition) is 1. The van der Waals surface area contributed by atoms with Crippen LogP contribution in [0.3, 0.4) is 0 Å². The lowest BCUT2D eigenvalue weighted by molar-refractivity contribution is 0.272. The zero-order valence-electron chi connectivity index (χ0n) is 14.4. The average Bonchev–Trinajstić information content (AvgIpc) is 2.61. The van der Waals surface area contributed by atoms with Gasteiger partial charge in [0.05, 0.1) is 0 Å². The highest BCUT2D eigenvalue weighted by atomic mass is 15.1. The molecule has 0 bridgehead atoms. The molecule has 124 valence electrons. The molecule has 0 saturated carbocycles. The van der Waals surface area contributed by atoms with Gasteiger partial charge in [-0.1, -0.05) is 74.0 Å². The summed E-state index contributed by atoms with van der Waals surface area (Å²) < 4.78 is 0. The quantitative estimate of drug-likeness (QED) is 0.616. The van der Waals surface area contributed by atoms with Gasteiger partial charge in [0.1, 0.15) is 0 Å². The lowest BCUT2D eigenvalue weighted by atomic mass is 10.2. The van der Waals surface area contributed by atoms with Crippen molar-refractivity contribution >= 4 is 0 Å². The molecule has 2 heteroatoms. The van der Waals surface area contributed by atoms with Crippen molar-refractivity contribution in [3.05, 3.63) is 71.8 Å². The Morgan fingerprint density at radius 2 is 1.43 bits per heavy atom. The first-order chi connectivity index (χ1) is 11.4. The minimum atomic E-state index is 0.982. The summed E-state index contributed by atoms with van der Waals surface area (Å²) in [6.07, 6.45) is 3.84. The average molecular weight is 310 g/mol. The summed E-state index contributed by atoms with van der Waals surface area (Å²) >= 11 is 0. The molecule has 2 aromatic carbocycles. The minimum absolute atomic E-state index is 0.982. The number of rotatable bonds is 11. The second-order valence-corrected chi connectivity index (χ2v) is 6.08. The Morgan fingerprint density at radius 1 is 0.783 bits per heavy atom. The van der Waals surface area contributed by atoms with E-state index in [2.05, 4.69) is 77.8 Å². The van der Waals surface area contributed by atoms with Crippen LogP contribution in [0.15, 0.2) is 60.7 Å². The number of unbranched alkanes of at least 4 members (excludes halogenated alkanes) is 2. The van der Waals surface area contributed by atoms with Crippen LogP contribution in [0.25, 0.3) is 0 Å². The van der Waals surface area contributed by atoms with Crippen LogP contribution in [0.5, 0.6) is 0 Å². The van der Waals surface area contributed by atoms with E-state index in [1.165, 1.54) is 36.9 Å². The van der Waals surface area contributed by atoms with Crippen molar-refractivity contribution in [3.63, 3.8) is 0 Å². The Hall–Kier alpha value is -1.64. The van der Waals surface area contributed by atoms with E-state index in [9.17, 15) is 0 Å². The summed E-state index contributed by atoms with van der Waals surface area (Å²) in [6, 6.07) is 21.4. The van der Waals surface area contributed by atoms with Crippen molar-refractivity contribution in [3.8, 4) is 0 Å². The fourth-order valence-electron chi connectivity index (χ4n) is 2.78. The van der Waals surface area contributed by atoms with Crippen LogP contribution in [-0.4, -0.2) is 24.5 Å². The summed E-state index contributed by atoms with van der Waals surface area (Å²) in [5.74, 6) is 0. The predicted molar refractivity (Wildman–Crippen MR) is 99.4 cm³/mol. The first kappa shape index (κ1) is 17.7. The summed E-state index contributed by atoms with van der Waals surface area (Å²) in [5.41, 5.74) is 2.78. The van der Waals surface area contributed by atoms with Crippen LogP contribution in [0.1, 0.15) is 37.3 Å². The molecule has 0 atom stereocenters. The molecule has 0 saturated heterocycles. The van der Waals surface area contributed by atoms with Gasteiger partial charge < -0.3 is 5.32 Å². The zero-order chi connectivity index (χ0) is 16.2. The van der Waals surface area contributed by atoms with Gasteiger partial charge in [-0.25, -0.2) is 0 Å². The molecule has 0 aliphatic heterocycles. The van der Waals surface area contributed by atoms with E-state index in [1.807, 2.05) is 0 Å². The van der Waals surface area contributed by atoms with Crippen LogP contribution < -0.4 is 5.32 Å². The van der Waals surface area contributed by atoms with Crippen LogP contribution in [0.2, 0.25) is 0 Å². The van der Waals surface area contributed by atoms with Crippen LogP contribution in [0.4, 0.5) is 0 Å². The third kappa shape index (κ3) is 7.45. The normalized spacial score (nSPS) is 11.0. The van der Waals surface area contributed by atoms with Gasteiger partial charge in [0, 0.05) is 13.1 Å². The summed E-state index contributed by atoms with van der Waals surface area (Å²) in [7, 11) is 0. The fourth-order valence-corrected chi connectivity index (χ4v) is 2.78. The minimum Gasteiger partial charge on any atom is -0.313 e. The third-order valence-electron chi connectivity index (χ3n) is 4.20. The van der Waals surface area contributed by atoms with Crippen molar-refractivity contribution in [1.82, 2.24) is 10.2 Å². The summed E-state index contributed by atoms with van der Waals surface area (Å²) in [6.45, 7) is 7.74. The second-order valence-electron chi connectivity index (χ2n) is 6.08. The molecule has 0 aliphatic carbocycles. The molecular weight excluding hydrogens is 280 g/mol. The topological polar surface area (TPSA) is 15.3 Å². The molecular formula is C21H30N2. The van der Waals surface area contributed by atoms with Crippen molar-refractivity contribution in [2.75, 3.05) is 19.6 Å². The second kappa shape index (κ2) is 11.0. The SMILES string of the molecule is CCN(CCCCCNCc1ccccc1)Cc1ccccc1. The van der Waals surface area contributed by atoms with Gasteiger partial charge in [0.15, 0.2) is 0 Å². The largest absolute Gasteiger partial charge is 0.313 e. The highest BCUT2D eigenvalue weighted by molar-refractivity contribution is 5.14. The van der Waals surface area contributed by atoms with E-state index in [4.69, 9.17) is 0 Å². The highest BCUT2D eigenvalue weighted by Crippen LogP contribution is 2.06. The Labute approximate surface area is 141 Å². The molecule has 0 aliphatic rings. The van der Waals surface area contributed by atoms with Crippen LogP contribution in [-0.2, 0) is 13.1 Å². The van der Waals surface area contributed by atoms with Gasteiger partial charge in [-0.2, -0.15) is 0 Å². The Balaban J connectivity index is 1.52. The molecule has 0 aromatic heterocycles.